The predicted octanol–water partition coefficient (Wildman–Crippen LogP) is 2.89. The van der Waals surface area contributed by atoms with Crippen molar-refractivity contribution in [3.63, 3.8) is 0 Å². The van der Waals surface area contributed by atoms with Gasteiger partial charge < -0.3 is 10.0 Å². The first-order valence-corrected chi connectivity index (χ1v) is 6.23. The molecule has 20 heavy (non-hydrogen) atoms. The quantitative estimate of drug-likeness (QED) is 0.925. The highest BCUT2D eigenvalue weighted by Crippen LogP contribution is 2.39. The van der Waals surface area contributed by atoms with E-state index in [9.17, 15) is 18.0 Å². The largest absolute Gasteiger partial charge is 0.478 e. The van der Waals surface area contributed by atoms with Crippen LogP contribution < -0.4 is 4.90 Å². The van der Waals surface area contributed by atoms with Gasteiger partial charge in [-0.1, -0.05) is 6.92 Å². The first-order valence-electron chi connectivity index (χ1n) is 6.23. The Labute approximate surface area is 114 Å². The molecule has 7 heteroatoms. The van der Waals surface area contributed by atoms with Gasteiger partial charge in [0.1, 0.15) is 17.1 Å². The number of aromatic nitrogens is 1. The smallest absolute Gasteiger partial charge is 0.433 e. The number of nitrogens with zero attached hydrogens (tertiary/aromatic N) is 2. The number of alkyl halides is 3. The lowest BCUT2D eigenvalue weighted by molar-refractivity contribution is -0.141. The van der Waals surface area contributed by atoms with Gasteiger partial charge in [0.25, 0.3) is 0 Å². The van der Waals surface area contributed by atoms with E-state index in [0.29, 0.717) is 24.4 Å². The maximum absolute atomic E-state index is 12.7. The summed E-state index contributed by atoms with van der Waals surface area (Å²) in [5.41, 5.74) is -1.29. The van der Waals surface area contributed by atoms with Crippen molar-refractivity contribution in [1.29, 1.82) is 0 Å². The maximum atomic E-state index is 12.7. The molecule has 1 saturated carbocycles. The topological polar surface area (TPSA) is 53.4 Å². The van der Waals surface area contributed by atoms with Crippen molar-refractivity contribution in [3.05, 3.63) is 23.4 Å². The Bertz CT molecular complexity index is 531. The highest BCUT2D eigenvalue weighted by Gasteiger charge is 2.36. The van der Waals surface area contributed by atoms with Crippen LogP contribution in [-0.4, -0.2) is 29.7 Å². The normalized spacial score (nSPS) is 21.6. The van der Waals surface area contributed by atoms with Gasteiger partial charge in [-0.05, 0) is 30.4 Å². The molecule has 0 aliphatic heterocycles. The molecule has 0 radical (unpaired) electrons. The molecule has 0 aromatic carbocycles. The van der Waals surface area contributed by atoms with Gasteiger partial charge in [-0.15, -0.1) is 0 Å². The van der Waals surface area contributed by atoms with Crippen LogP contribution in [0.3, 0.4) is 0 Å². The molecule has 0 bridgehead atoms. The fraction of sp³-hybridized carbons (Fsp3) is 0.538. The Hall–Kier alpha value is -1.79. The van der Waals surface area contributed by atoms with Crippen molar-refractivity contribution in [2.45, 2.75) is 19.5 Å². The number of rotatable bonds is 4. The van der Waals surface area contributed by atoms with Gasteiger partial charge in [-0.3, -0.25) is 0 Å². The van der Waals surface area contributed by atoms with E-state index in [1.54, 1.807) is 7.05 Å². The predicted molar refractivity (Wildman–Crippen MR) is 66.7 cm³/mol. The van der Waals surface area contributed by atoms with E-state index in [-0.39, 0.29) is 11.4 Å². The van der Waals surface area contributed by atoms with Crippen molar-refractivity contribution in [2.24, 2.45) is 11.8 Å². The Morgan fingerprint density at radius 3 is 2.55 bits per heavy atom. The Morgan fingerprint density at radius 1 is 1.50 bits per heavy atom. The molecular weight excluding hydrogens is 273 g/mol. The summed E-state index contributed by atoms with van der Waals surface area (Å²) >= 11 is 0. The standard InChI is InChI=1S/C13H15F3N2O2/c1-7-5-8(7)6-18(2)11-9(12(19)20)3-4-10(17-11)13(14,15)16/h3-4,7-8H,5-6H2,1-2H3,(H,19,20). The second-order valence-electron chi connectivity index (χ2n) is 5.22. The summed E-state index contributed by atoms with van der Waals surface area (Å²) in [6.07, 6.45) is -3.58. The van der Waals surface area contributed by atoms with E-state index in [1.165, 1.54) is 4.90 Å². The molecule has 110 valence electrons. The van der Waals surface area contributed by atoms with Crippen molar-refractivity contribution >= 4 is 11.8 Å². The summed E-state index contributed by atoms with van der Waals surface area (Å²) < 4.78 is 38.0. The van der Waals surface area contributed by atoms with Crippen LogP contribution >= 0.6 is 0 Å². The monoisotopic (exact) mass is 288 g/mol. The molecule has 1 heterocycles. The van der Waals surface area contributed by atoms with Crippen molar-refractivity contribution in [1.82, 2.24) is 4.98 Å². The third kappa shape index (κ3) is 3.02. The molecule has 1 aromatic rings. The number of anilines is 1. The number of aromatic carboxylic acids is 1. The minimum atomic E-state index is -4.58. The Balaban J connectivity index is 2.33. The highest BCUT2D eigenvalue weighted by molar-refractivity contribution is 5.93. The Kier molecular flexibility index (Phi) is 3.62. The average molecular weight is 288 g/mol. The van der Waals surface area contributed by atoms with Gasteiger partial charge in [0, 0.05) is 13.6 Å². The van der Waals surface area contributed by atoms with Gasteiger partial charge in [0.15, 0.2) is 0 Å². The minimum Gasteiger partial charge on any atom is -0.478 e. The molecule has 1 aromatic heterocycles. The number of hydrogen-bond acceptors (Lipinski definition) is 3. The fourth-order valence-electron chi connectivity index (χ4n) is 2.16. The third-order valence-corrected chi connectivity index (χ3v) is 3.54. The second-order valence-corrected chi connectivity index (χ2v) is 5.22. The zero-order valence-electron chi connectivity index (χ0n) is 11.1. The number of carboxylic acid groups (broad SMARTS) is 1. The average Bonchev–Trinajstić information content (AvgIpc) is 3.02. The number of halogens is 3. The highest BCUT2D eigenvalue weighted by atomic mass is 19.4. The van der Waals surface area contributed by atoms with E-state index in [1.807, 2.05) is 0 Å². The van der Waals surface area contributed by atoms with Crippen molar-refractivity contribution < 1.29 is 23.1 Å². The lowest BCUT2D eigenvalue weighted by atomic mass is 10.2. The molecule has 1 aliphatic rings. The van der Waals surface area contributed by atoms with E-state index in [2.05, 4.69) is 11.9 Å². The van der Waals surface area contributed by atoms with Crippen LogP contribution in [0.4, 0.5) is 19.0 Å². The van der Waals surface area contributed by atoms with E-state index >= 15 is 0 Å². The third-order valence-electron chi connectivity index (χ3n) is 3.54. The lowest BCUT2D eigenvalue weighted by Gasteiger charge is -2.21. The zero-order valence-corrected chi connectivity index (χ0v) is 11.1. The van der Waals surface area contributed by atoms with Gasteiger partial charge >= 0.3 is 12.1 Å². The summed E-state index contributed by atoms with van der Waals surface area (Å²) in [5, 5.41) is 9.06. The van der Waals surface area contributed by atoms with Crippen LogP contribution in [-0.2, 0) is 6.18 Å². The zero-order chi connectivity index (χ0) is 15.1. The van der Waals surface area contributed by atoms with Crippen LogP contribution in [0.15, 0.2) is 12.1 Å². The molecule has 2 atom stereocenters. The summed E-state index contributed by atoms with van der Waals surface area (Å²) in [6.45, 7) is 2.56. The summed E-state index contributed by atoms with van der Waals surface area (Å²) in [6, 6.07) is 1.65. The van der Waals surface area contributed by atoms with Crippen LogP contribution in [0.25, 0.3) is 0 Å². The lowest BCUT2D eigenvalue weighted by Crippen LogP contribution is -2.25. The Morgan fingerprint density at radius 2 is 2.10 bits per heavy atom. The molecule has 1 fully saturated rings. The fourth-order valence-corrected chi connectivity index (χ4v) is 2.16. The van der Waals surface area contributed by atoms with Gasteiger partial charge in [-0.2, -0.15) is 13.2 Å². The van der Waals surface area contributed by atoms with Crippen LogP contribution in [0, 0.1) is 11.8 Å². The van der Waals surface area contributed by atoms with Crippen LogP contribution in [0.2, 0.25) is 0 Å². The van der Waals surface area contributed by atoms with E-state index in [4.69, 9.17) is 5.11 Å². The molecule has 2 rings (SSSR count). The molecule has 0 spiro atoms. The molecule has 2 unspecified atom stereocenters. The van der Waals surface area contributed by atoms with Crippen molar-refractivity contribution in [3.8, 4) is 0 Å². The summed E-state index contributed by atoms with van der Waals surface area (Å²) in [5.74, 6) is -0.502. The van der Waals surface area contributed by atoms with Crippen LogP contribution in [0.1, 0.15) is 29.4 Å². The summed E-state index contributed by atoms with van der Waals surface area (Å²) in [7, 11) is 1.57. The molecule has 0 saturated heterocycles. The first-order chi connectivity index (χ1) is 9.20. The molecular formula is C13H15F3N2O2. The van der Waals surface area contributed by atoms with E-state index < -0.39 is 17.8 Å². The van der Waals surface area contributed by atoms with Gasteiger partial charge in [0.2, 0.25) is 0 Å². The number of carboxylic acids is 1. The molecule has 4 nitrogen and oxygen atoms in total. The van der Waals surface area contributed by atoms with Gasteiger partial charge in [0.05, 0.1) is 0 Å². The molecule has 1 aliphatic carbocycles. The molecule has 0 amide bonds. The maximum Gasteiger partial charge on any atom is 0.433 e. The first kappa shape index (κ1) is 14.6. The SMILES string of the molecule is CC1CC1CN(C)c1nc(C(F)(F)F)ccc1C(=O)O. The minimum absolute atomic E-state index is 0.133. The van der Waals surface area contributed by atoms with Crippen molar-refractivity contribution in [2.75, 3.05) is 18.5 Å². The molecule has 1 N–H and O–H groups in total. The van der Waals surface area contributed by atoms with Gasteiger partial charge in [-0.25, -0.2) is 9.78 Å². The number of pyridine rings is 1. The van der Waals surface area contributed by atoms with E-state index in [0.717, 1.165) is 12.5 Å². The number of hydrogen-bond donors (Lipinski definition) is 1. The second kappa shape index (κ2) is 4.96. The van der Waals surface area contributed by atoms with Crippen LogP contribution in [0.5, 0.6) is 0 Å². The number of carbonyl (C=O) groups is 1. The summed E-state index contributed by atoms with van der Waals surface area (Å²) in [4.78, 5) is 16.1.